The molecule has 7 aromatic rings. The molecule has 0 fully saturated rings. The second-order valence-corrected chi connectivity index (χ2v) is 9.69. The molecular formula is C31H18N4. The largest absolute Gasteiger partial charge is 0.276 e. The summed E-state index contributed by atoms with van der Waals surface area (Å²) in [5, 5.41) is 3.31. The zero-order chi connectivity index (χ0) is 22.7. The van der Waals surface area contributed by atoms with Gasteiger partial charge in [0, 0.05) is 29.4 Å². The molecule has 162 valence electrons. The lowest BCUT2D eigenvalue weighted by Gasteiger charge is -2.09. The molecule has 0 saturated carbocycles. The maximum atomic E-state index is 5.12. The van der Waals surface area contributed by atoms with Crippen molar-refractivity contribution in [2.24, 2.45) is 0 Å². The van der Waals surface area contributed by atoms with Crippen LogP contribution in [0.3, 0.4) is 0 Å². The van der Waals surface area contributed by atoms with Crippen molar-refractivity contribution in [3.8, 4) is 22.3 Å². The SMILES string of the molecule is c1ccc2c(c1)Cc1c-2ccc2c1Cc1cc3nc4c5cnccc5c5cccnc5n4c3cc1-2. The third kappa shape index (κ3) is 2.15. The number of benzene rings is 3. The van der Waals surface area contributed by atoms with Gasteiger partial charge in [-0.25, -0.2) is 9.97 Å². The standard InChI is InChI=1S/C31H18N4/c1-2-5-19-17(4-1)12-25-20(19)7-8-21-24-15-29-28(14-18(24)13-26(21)25)34-31-27-16-32-11-9-22(27)23-6-3-10-33-30(23)35(29)31/h1-11,14-16H,12-13H2. The summed E-state index contributed by atoms with van der Waals surface area (Å²) >= 11 is 0. The first-order chi connectivity index (χ1) is 17.3. The second kappa shape index (κ2) is 6.10. The predicted octanol–water partition coefficient (Wildman–Crippen LogP) is 6.73. The Balaban J connectivity index is 1.36. The highest BCUT2D eigenvalue weighted by Gasteiger charge is 2.28. The van der Waals surface area contributed by atoms with Gasteiger partial charge in [0.2, 0.25) is 0 Å². The first kappa shape index (κ1) is 17.8. The van der Waals surface area contributed by atoms with Crippen LogP contribution in [0.1, 0.15) is 22.3 Å². The van der Waals surface area contributed by atoms with Gasteiger partial charge in [0.1, 0.15) is 11.3 Å². The second-order valence-electron chi connectivity index (χ2n) is 9.69. The van der Waals surface area contributed by atoms with E-state index >= 15 is 0 Å². The van der Waals surface area contributed by atoms with Crippen LogP contribution in [0, 0.1) is 0 Å². The lowest BCUT2D eigenvalue weighted by atomic mass is 9.96. The first-order valence-corrected chi connectivity index (χ1v) is 12.0. The number of fused-ring (bicyclic) bond motifs is 15. The Bertz CT molecular complexity index is 2070. The molecule has 35 heavy (non-hydrogen) atoms. The van der Waals surface area contributed by atoms with Gasteiger partial charge in [0.15, 0.2) is 0 Å². The van der Waals surface area contributed by atoms with Gasteiger partial charge >= 0.3 is 0 Å². The zero-order valence-corrected chi connectivity index (χ0v) is 18.8. The molecule has 0 spiro atoms. The average molecular weight is 447 g/mol. The van der Waals surface area contributed by atoms with Crippen LogP contribution in [0.2, 0.25) is 0 Å². The Labute approximate surface area is 200 Å². The number of imidazole rings is 1. The van der Waals surface area contributed by atoms with Crippen LogP contribution >= 0.6 is 0 Å². The molecule has 0 amide bonds. The van der Waals surface area contributed by atoms with Crippen LogP contribution in [-0.4, -0.2) is 19.4 Å². The third-order valence-electron chi connectivity index (χ3n) is 7.99. The van der Waals surface area contributed by atoms with E-state index in [1.807, 2.05) is 24.7 Å². The minimum Gasteiger partial charge on any atom is -0.276 e. The fraction of sp³-hybridized carbons (Fsp3) is 0.0645. The highest BCUT2D eigenvalue weighted by molar-refractivity contribution is 6.12. The van der Waals surface area contributed by atoms with Crippen LogP contribution in [0.15, 0.2) is 85.3 Å². The molecule has 0 aliphatic heterocycles. The molecule has 4 heteroatoms. The average Bonchev–Trinajstić information content (AvgIpc) is 3.58. The van der Waals surface area contributed by atoms with Crippen molar-refractivity contribution in [2.75, 3.05) is 0 Å². The molecule has 4 heterocycles. The van der Waals surface area contributed by atoms with Crippen molar-refractivity contribution < 1.29 is 0 Å². The number of hydrogen-bond acceptors (Lipinski definition) is 3. The zero-order valence-electron chi connectivity index (χ0n) is 18.8. The van der Waals surface area contributed by atoms with E-state index in [-0.39, 0.29) is 0 Å². The minimum absolute atomic E-state index is 0.919. The Morgan fingerprint density at radius 1 is 0.629 bits per heavy atom. The van der Waals surface area contributed by atoms with Gasteiger partial charge in [0.25, 0.3) is 0 Å². The molecule has 0 unspecified atom stereocenters. The monoisotopic (exact) mass is 446 g/mol. The number of nitrogens with zero attached hydrogens (tertiary/aromatic N) is 4. The summed E-state index contributed by atoms with van der Waals surface area (Å²) in [5.74, 6) is 0. The third-order valence-corrected chi connectivity index (χ3v) is 7.99. The smallest absolute Gasteiger partial charge is 0.149 e. The summed E-state index contributed by atoms with van der Waals surface area (Å²) in [6.45, 7) is 0. The molecule has 4 nitrogen and oxygen atoms in total. The van der Waals surface area contributed by atoms with E-state index in [2.05, 4.69) is 70.0 Å². The molecule has 9 rings (SSSR count). The van der Waals surface area contributed by atoms with E-state index < -0.39 is 0 Å². The van der Waals surface area contributed by atoms with Gasteiger partial charge in [-0.1, -0.05) is 36.4 Å². The first-order valence-electron chi connectivity index (χ1n) is 12.0. The van der Waals surface area contributed by atoms with Crippen LogP contribution in [0.5, 0.6) is 0 Å². The van der Waals surface area contributed by atoms with Gasteiger partial charge in [0.05, 0.1) is 11.0 Å². The molecule has 2 aliphatic carbocycles. The van der Waals surface area contributed by atoms with Crippen LogP contribution in [-0.2, 0) is 12.8 Å². The minimum atomic E-state index is 0.919. The number of aromatic nitrogens is 4. The van der Waals surface area contributed by atoms with Crippen molar-refractivity contribution in [1.82, 2.24) is 19.4 Å². The fourth-order valence-electron chi connectivity index (χ4n) is 6.47. The van der Waals surface area contributed by atoms with E-state index in [0.29, 0.717) is 0 Å². The fourth-order valence-corrected chi connectivity index (χ4v) is 6.47. The molecule has 0 saturated heterocycles. The van der Waals surface area contributed by atoms with Crippen LogP contribution in [0.25, 0.3) is 60.7 Å². The Hall–Kier alpha value is -4.57. The van der Waals surface area contributed by atoms with E-state index in [1.54, 1.807) is 0 Å². The summed E-state index contributed by atoms with van der Waals surface area (Å²) in [4.78, 5) is 14.3. The topological polar surface area (TPSA) is 43.1 Å². The summed E-state index contributed by atoms with van der Waals surface area (Å²) in [6.07, 6.45) is 7.62. The molecule has 3 aromatic carbocycles. The highest BCUT2D eigenvalue weighted by Crippen LogP contribution is 2.47. The van der Waals surface area contributed by atoms with E-state index in [4.69, 9.17) is 9.97 Å². The van der Waals surface area contributed by atoms with Gasteiger partial charge in [-0.05, 0) is 93.1 Å². The van der Waals surface area contributed by atoms with Crippen LogP contribution < -0.4 is 0 Å². The Kier molecular flexibility index (Phi) is 3.11. The van der Waals surface area contributed by atoms with Crippen LogP contribution in [0.4, 0.5) is 0 Å². The molecule has 0 atom stereocenters. The van der Waals surface area contributed by atoms with Crippen molar-refractivity contribution in [1.29, 1.82) is 0 Å². The van der Waals surface area contributed by atoms with Gasteiger partial charge < -0.3 is 0 Å². The molecular weight excluding hydrogens is 428 g/mol. The summed E-state index contributed by atoms with van der Waals surface area (Å²) < 4.78 is 2.22. The molecule has 0 N–H and O–H groups in total. The van der Waals surface area contributed by atoms with Gasteiger partial charge in [-0.3, -0.25) is 9.38 Å². The molecule has 2 aliphatic rings. The maximum Gasteiger partial charge on any atom is 0.149 e. The Morgan fingerprint density at radius 3 is 2.43 bits per heavy atom. The van der Waals surface area contributed by atoms with Crippen molar-refractivity contribution in [2.45, 2.75) is 12.8 Å². The summed E-state index contributed by atoms with van der Waals surface area (Å²) in [7, 11) is 0. The molecule has 0 bridgehead atoms. The molecule has 0 radical (unpaired) electrons. The number of pyridine rings is 3. The summed E-state index contributed by atoms with van der Waals surface area (Å²) in [5.41, 5.74) is 15.2. The lowest BCUT2D eigenvalue weighted by molar-refractivity contribution is 1.16. The normalized spacial score (nSPS) is 13.5. The quantitative estimate of drug-likeness (QED) is 0.243. The molecule has 4 aromatic heterocycles. The van der Waals surface area contributed by atoms with Crippen molar-refractivity contribution in [3.05, 3.63) is 108 Å². The van der Waals surface area contributed by atoms with Gasteiger partial charge in [-0.15, -0.1) is 0 Å². The highest BCUT2D eigenvalue weighted by atomic mass is 15.1. The summed E-state index contributed by atoms with van der Waals surface area (Å²) in [6, 6.07) is 24.3. The predicted molar refractivity (Wildman–Crippen MR) is 140 cm³/mol. The van der Waals surface area contributed by atoms with Crippen molar-refractivity contribution in [3.63, 3.8) is 0 Å². The number of hydrogen-bond donors (Lipinski definition) is 0. The Morgan fingerprint density at radius 2 is 1.49 bits per heavy atom. The van der Waals surface area contributed by atoms with Gasteiger partial charge in [-0.2, -0.15) is 0 Å². The van der Waals surface area contributed by atoms with E-state index in [0.717, 1.165) is 51.3 Å². The number of rotatable bonds is 0. The lowest BCUT2D eigenvalue weighted by Crippen LogP contribution is -1.94. The van der Waals surface area contributed by atoms with E-state index in [1.165, 1.54) is 44.5 Å². The van der Waals surface area contributed by atoms with Crippen molar-refractivity contribution >= 4 is 38.5 Å². The van der Waals surface area contributed by atoms with E-state index in [9.17, 15) is 0 Å². The maximum absolute atomic E-state index is 5.12.